The molecule has 0 bridgehead atoms. The van der Waals surface area contributed by atoms with Gasteiger partial charge in [0.05, 0.1) is 17.5 Å². The number of rotatable bonds is 6. The average molecular weight is 309 g/mol. The zero-order valence-electron chi connectivity index (χ0n) is 12.7. The summed E-state index contributed by atoms with van der Waals surface area (Å²) in [6.45, 7) is 3.85. The Morgan fingerprint density at radius 2 is 1.95 bits per heavy atom. The summed E-state index contributed by atoms with van der Waals surface area (Å²) in [6.07, 6.45) is 5.56. The summed E-state index contributed by atoms with van der Waals surface area (Å²) in [5.74, 6) is -0.981. The lowest BCUT2D eigenvalue weighted by molar-refractivity contribution is -0.138. The number of carboxylic acids is 1. The molecule has 0 radical (unpaired) electrons. The van der Waals surface area contributed by atoms with E-state index in [1.807, 2.05) is 19.2 Å². The Balaban J connectivity index is 2.19. The van der Waals surface area contributed by atoms with Crippen molar-refractivity contribution in [1.82, 2.24) is 5.32 Å². The van der Waals surface area contributed by atoms with E-state index in [-0.39, 0.29) is 12.3 Å². The molecule has 0 atom stereocenters. The van der Waals surface area contributed by atoms with Crippen molar-refractivity contribution < 1.29 is 14.7 Å². The van der Waals surface area contributed by atoms with Crippen molar-refractivity contribution in [1.29, 1.82) is 0 Å². The smallest absolute Gasteiger partial charge is 0.305 e. The highest BCUT2D eigenvalue weighted by Crippen LogP contribution is 2.31. The van der Waals surface area contributed by atoms with Crippen LogP contribution in [0.2, 0.25) is 0 Å². The minimum atomic E-state index is -0.869. The molecule has 1 aromatic heterocycles. The van der Waals surface area contributed by atoms with Gasteiger partial charge in [-0.2, -0.15) is 0 Å². The summed E-state index contributed by atoms with van der Waals surface area (Å²) in [7, 11) is 0. The first-order valence-corrected chi connectivity index (χ1v) is 8.53. The molecule has 1 amide bonds. The van der Waals surface area contributed by atoms with Crippen molar-refractivity contribution in [2.24, 2.45) is 0 Å². The Morgan fingerprint density at radius 1 is 1.29 bits per heavy atom. The molecule has 1 aliphatic carbocycles. The second-order valence-corrected chi connectivity index (χ2v) is 6.73. The first kappa shape index (κ1) is 16.0. The maximum Gasteiger partial charge on any atom is 0.305 e. The molecule has 0 saturated carbocycles. The molecule has 2 rings (SSSR count). The largest absolute Gasteiger partial charge is 0.481 e. The molecule has 1 aromatic rings. The maximum atomic E-state index is 12.6. The van der Waals surface area contributed by atoms with Crippen LogP contribution in [0.1, 0.15) is 66.8 Å². The summed E-state index contributed by atoms with van der Waals surface area (Å²) < 4.78 is 0. The van der Waals surface area contributed by atoms with Crippen LogP contribution in [0, 0.1) is 0 Å². The molecule has 0 aromatic carbocycles. The predicted molar refractivity (Wildman–Crippen MR) is 84.0 cm³/mol. The third-order valence-corrected chi connectivity index (χ3v) is 5.62. The van der Waals surface area contributed by atoms with Crippen LogP contribution in [0.3, 0.4) is 0 Å². The highest BCUT2D eigenvalue weighted by molar-refractivity contribution is 7.10. The molecule has 0 fully saturated rings. The molecule has 21 heavy (non-hydrogen) atoms. The number of carbonyl (C=O) groups excluding carboxylic acids is 1. The van der Waals surface area contributed by atoms with Gasteiger partial charge in [-0.25, -0.2) is 0 Å². The van der Waals surface area contributed by atoms with Gasteiger partial charge in [-0.05, 0) is 44.1 Å². The third kappa shape index (κ3) is 3.46. The van der Waals surface area contributed by atoms with E-state index in [0.717, 1.165) is 24.8 Å². The van der Waals surface area contributed by atoms with E-state index < -0.39 is 11.5 Å². The van der Waals surface area contributed by atoms with Crippen LogP contribution in [0.25, 0.3) is 0 Å². The average Bonchev–Trinajstić information content (AvgIpc) is 2.90. The first-order valence-electron chi connectivity index (χ1n) is 7.65. The van der Waals surface area contributed by atoms with Crippen LogP contribution in [-0.4, -0.2) is 22.5 Å². The van der Waals surface area contributed by atoms with Crippen molar-refractivity contribution in [3.05, 3.63) is 21.4 Å². The molecule has 0 saturated heterocycles. The second kappa shape index (κ2) is 6.60. The Labute approximate surface area is 129 Å². The highest BCUT2D eigenvalue weighted by Gasteiger charge is 2.32. The van der Waals surface area contributed by atoms with E-state index in [0.29, 0.717) is 12.8 Å². The standard InChI is InChI=1S/C16H23NO3S/c1-3-16(4-2,9-14(18)19)17-15(20)12-10-21-13-8-6-5-7-11(12)13/h10H,3-9H2,1-2H3,(H,17,20)(H,18,19). The van der Waals surface area contributed by atoms with Gasteiger partial charge < -0.3 is 10.4 Å². The van der Waals surface area contributed by atoms with E-state index in [4.69, 9.17) is 5.11 Å². The van der Waals surface area contributed by atoms with Crippen LogP contribution < -0.4 is 5.32 Å². The Morgan fingerprint density at radius 3 is 2.57 bits per heavy atom. The fourth-order valence-electron chi connectivity index (χ4n) is 3.00. The molecule has 0 aliphatic heterocycles. The zero-order chi connectivity index (χ0) is 15.5. The van der Waals surface area contributed by atoms with Crippen molar-refractivity contribution in [2.45, 2.75) is 64.3 Å². The Hall–Kier alpha value is -1.36. The number of aryl methyl sites for hydroxylation is 1. The summed E-state index contributed by atoms with van der Waals surface area (Å²) in [4.78, 5) is 25.0. The molecule has 1 heterocycles. The monoisotopic (exact) mass is 309 g/mol. The van der Waals surface area contributed by atoms with Gasteiger partial charge in [0, 0.05) is 10.3 Å². The van der Waals surface area contributed by atoms with Gasteiger partial charge in [-0.1, -0.05) is 13.8 Å². The number of amides is 1. The van der Waals surface area contributed by atoms with Gasteiger partial charge in [-0.3, -0.25) is 9.59 Å². The molecule has 0 spiro atoms. The molecule has 1 aliphatic rings. The summed E-state index contributed by atoms with van der Waals surface area (Å²) in [5, 5.41) is 14.0. The number of hydrogen-bond acceptors (Lipinski definition) is 3. The lowest BCUT2D eigenvalue weighted by atomic mass is 9.88. The Kier molecular flexibility index (Phi) is 5.04. The number of carbonyl (C=O) groups is 2. The second-order valence-electron chi connectivity index (χ2n) is 5.77. The lowest BCUT2D eigenvalue weighted by Gasteiger charge is -2.31. The first-order chi connectivity index (χ1) is 10.0. The van der Waals surface area contributed by atoms with Crippen molar-refractivity contribution in [3.63, 3.8) is 0 Å². The van der Waals surface area contributed by atoms with Gasteiger partial charge in [0.1, 0.15) is 0 Å². The number of carboxylic acid groups (broad SMARTS) is 1. The fourth-order valence-corrected chi connectivity index (χ4v) is 4.13. The van der Waals surface area contributed by atoms with Crippen LogP contribution in [-0.2, 0) is 17.6 Å². The number of nitrogens with one attached hydrogen (secondary N) is 1. The molecular weight excluding hydrogens is 286 g/mol. The molecule has 116 valence electrons. The molecule has 2 N–H and O–H groups in total. The van der Waals surface area contributed by atoms with Crippen LogP contribution in [0.15, 0.2) is 5.38 Å². The predicted octanol–water partition coefficient (Wildman–Crippen LogP) is 3.39. The molecular formula is C16H23NO3S. The summed E-state index contributed by atoms with van der Waals surface area (Å²) in [5.41, 5.74) is 1.29. The molecule has 5 heteroatoms. The van der Waals surface area contributed by atoms with E-state index in [1.54, 1.807) is 11.3 Å². The number of thiophene rings is 1. The van der Waals surface area contributed by atoms with E-state index >= 15 is 0 Å². The van der Waals surface area contributed by atoms with E-state index in [1.165, 1.54) is 16.9 Å². The molecule has 4 nitrogen and oxygen atoms in total. The van der Waals surface area contributed by atoms with E-state index in [9.17, 15) is 9.59 Å². The third-order valence-electron chi connectivity index (χ3n) is 4.53. The number of aliphatic carboxylic acids is 1. The number of hydrogen-bond donors (Lipinski definition) is 2. The van der Waals surface area contributed by atoms with Gasteiger partial charge in [0.15, 0.2) is 0 Å². The van der Waals surface area contributed by atoms with Gasteiger partial charge in [0.25, 0.3) is 5.91 Å². The highest BCUT2D eigenvalue weighted by atomic mass is 32.1. The maximum absolute atomic E-state index is 12.6. The minimum absolute atomic E-state index is 0.0297. The van der Waals surface area contributed by atoms with Gasteiger partial charge >= 0.3 is 5.97 Å². The van der Waals surface area contributed by atoms with Crippen molar-refractivity contribution in [3.8, 4) is 0 Å². The normalized spacial score (nSPS) is 14.6. The van der Waals surface area contributed by atoms with Gasteiger partial charge in [0.2, 0.25) is 0 Å². The zero-order valence-corrected chi connectivity index (χ0v) is 13.5. The lowest BCUT2D eigenvalue weighted by Crippen LogP contribution is -2.49. The van der Waals surface area contributed by atoms with Crippen LogP contribution in [0.5, 0.6) is 0 Å². The Bertz CT molecular complexity index is 532. The SMILES string of the molecule is CCC(CC)(CC(=O)O)NC(=O)c1csc2c1CCCC2. The fraction of sp³-hybridized carbons (Fsp3) is 0.625. The number of fused-ring (bicyclic) bond motifs is 1. The van der Waals surface area contributed by atoms with Crippen molar-refractivity contribution >= 4 is 23.2 Å². The van der Waals surface area contributed by atoms with Gasteiger partial charge in [-0.15, -0.1) is 11.3 Å². The topological polar surface area (TPSA) is 66.4 Å². The quantitative estimate of drug-likeness (QED) is 0.846. The van der Waals surface area contributed by atoms with E-state index in [2.05, 4.69) is 5.32 Å². The van der Waals surface area contributed by atoms with Crippen LogP contribution >= 0.6 is 11.3 Å². The summed E-state index contributed by atoms with van der Waals surface area (Å²) in [6, 6.07) is 0. The summed E-state index contributed by atoms with van der Waals surface area (Å²) >= 11 is 1.66. The minimum Gasteiger partial charge on any atom is -0.481 e. The van der Waals surface area contributed by atoms with Crippen LogP contribution in [0.4, 0.5) is 0 Å². The van der Waals surface area contributed by atoms with Crippen molar-refractivity contribution in [2.75, 3.05) is 0 Å². The molecule has 0 unspecified atom stereocenters.